The van der Waals surface area contributed by atoms with Crippen molar-refractivity contribution in [2.24, 2.45) is 5.92 Å². The molecule has 0 aliphatic rings. The molecule has 1 unspecified atom stereocenters. The van der Waals surface area contributed by atoms with Crippen LogP contribution in [0.15, 0.2) is 0 Å². The monoisotopic (exact) mass is 233 g/mol. The van der Waals surface area contributed by atoms with Crippen molar-refractivity contribution in [3.63, 3.8) is 0 Å². The van der Waals surface area contributed by atoms with Gasteiger partial charge in [0.1, 0.15) is 0 Å². The van der Waals surface area contributed by atoms with Gasteiger partial charge in [-0.15, -0.1) is 11.8 Å². The van der Waals surface area contributed by atoms with Crippen LogP contribution in [0.5, 0.6) is 0 Å². The molecule has 2 N–H and O–H groups in total. The van der Waals surface area contributed by atoms with Gasteiger partial charge in [0.05, 0.1) is 5.75 Å². The topological polar surface area (TPSA) is 66.4 Å². The average Bonchev–Trinajstić information content (AvgIpc) is 2.16. The van der Waals surface area contributed by atoms with Crippen molar-refractivity contribution in [2.45, 2.75) is 26.7 Å². The van der Waals surface area contributed by atoms with Crippen LogP contribution in [0.4, 0.5) is 0 Å². The van der Waals surface area contributed by atoms with E-state index in [9.17, 15) is 9.59 Å². The van der Waals surface area contributed by atoms with Gasteiger partial charge < -0.3 is 10.4 Å². The van der Waals surface area contributed by atoms with Crippen molar-refractivity contribution in [2.75, 3.05) is 18.1 Å². The highest BCUT2D eigenvalue weighted by molar-refractivity contribution is 7.99. The second kappa shape index (κ2) is 8.59. The summed E-state index contributed by atoms with van der Waals surface area (Å²) in [5, 5.41) is 11.2. The van der Waals surface area contributed by atoms with Gasteiger partial charge >= 0.3 is 5.97 Å². The van der Waals surface area contributed by atoms with Crippen LogP contribution in [0.2, 0.25) is 0 Å². The summed E-state index contributed by atoms with van der Waals surface area (Å²) >= 11 is 1.31. The number of carbonyl (C=O) groups is 2. The highest BCUT2D eigenvalue weighted by atomic mass is 32.2. The second-order valence-electron chi connectivity index (χ2n) is 3.43. The maximum Gasteiger partial charge on any atom is 0.313 e. The minimum atomic E-state index is -0.814. The minimum Gasteiger partial charge on any atom is -0.481 e. The van der Waals surface area contributed by atoms with Crippen LogP contribution in [0, 0.1) is 5.92 Å². The predicted octanol–water partition coefficient (Wildman–Crippen LogP) is 1.36. The highest BCUT2D eigenvalue weighted by Gasteiger charge is 2.10. The maximum atomic E-state index is 11.4. The largest absolute Gasteiger partial charge is 0.481 e. The molecule has 0 fully saturated rings. The Labute approximate surface area is 94.8 Å². The first kappa shape index (κ1) is 14.3. The molecular formula is C10H19NO3S. The lowest BCUT2D eigenvalue weighted by molar-refractivity contribution is -0.133. The third-order valence-corrected chi connectivity index (χ3v) is 2.88. The number of amides is 1. The summed E-state index contributed by atoms with van der Waals surface area (Å²) in [6.45, 7) is 4.50. The Hall–Kier alpha value is -0.710. The molecule has 0 spiro atoms. The quantitative estimate of drug-likeness (QED) is 0.621. The fourth-order valence-electron chi connectivity index (χ4n) is 1.14. The molecule has 0 heterocycles. The Kier molecular flexibility index (Phi) is 8.18. The summed E-state index contributed by atoms with van der Waals surface area (Å²) in [5.41, 5.74) is 0. The third-order valence-electron chi connectivity index (χ3n) is 1.94. The molecule has 0 aromatic rings. The molecule has 0 aliphatic heterocycles. The van der Waals surface area contributed by atoms with E-state index in [0.717, 1.165) is 12.8 Å². The predicted molar refractivity (Wildman–Crippen MR) is 62.0 cm³/mol. The van der Waals surface area contributed by atoms with Crippen LogP contribution in [0.3, 0.4) is 0 Å². The molecule has 88 valence electrons. The molecule has 0 saturated carbocycles. The van der Waals surface area contributed by atoms with Gasteiger partial charge in [0.15, 0.2) is 0 Å². The Bertz CT molecular complexity index is 209. The number of hydrogen-bond donors (Lipinski definition) is 2. The number of carboxylic acid groups (broad SMARTS) is 1. The van der Waals surface area contributed by atoms with E-state index in [0.29, 0.717) is 12.3 Å². The van der Waals surface area contributed by atoms with Gasteiger partial charge in [0, 0.05) is 18.2 Å². The van der Waals surface area contributed by atoms with E-state index in [1.54, 1.807) is 0 Å². The van der Waals surface area contributed by atoms with Gasteiger partial charge in [-0.25, -0.2) is 0 Å². The Morgan fingerprint density at radius 2 is 2.13 bits per heavy atom. The van der Waals surface area contributed by atoms with Gasteiger partial charge in [-0.2, -0.15) is 0 Å². The molecule has 5 heteroatoms. The average molecular weight is 233 g/mol. The van der Waals surface area contributed by atoms with Gasteiger partial charge in [0.2, 0.25) is 5.91 Å². The van der Waals surface area contributed by atoms with Gasteiger partial charge in [-0.1, -0.05) is 20.3 Å². The van der Waals surface area contributed by atoms with E-state index < -0.39 is 5.97 Å². The molecular weight excluding hydrogens is 214 g/mol. The van der Waals surface area contributed by atoms with E-state index in [2.05, 4.69) is 5.32 Å². The number of hydrogen-bond acceptors (Lipinski definition) is 3. The van der Waals surface area contributed by atoms with Crippen molar-refractivity contribution in [3.05, 3.63) is 0 Å². The first-order valence-electron chi connectivity index (χ1n) is 5.15. The van der Waals surface area contributed by atoms with Crippen molar-refractivity contribution < 1.29 is 14.7 Å². The van der Waals surface area contributed by atoms with Crippen molar-refractivity contribution in [1.29, 1.82) is 0 Å². The van der Waals surface area contributed by atoms with E-state index in [1.807, 2.05) is 13.8 Å². The molecule has 0 aromatic carbocycles. The van der Waals surface area contributed by atoms with Gasteiger partial charge in [-0.3, -0.25) is 9.59 Å². The molecule has 0 radical (unpaired) electrons. The fourth-order valence-corrected chi connectivity index (χ4v) is 1.71. The molecule has 1 atom stereocenters. The summed E-state index contributed by atoms with van der Waals surface area (Å²) in [6, 6.07) is 0. The Morgan fingerprint density at radius 1 is 1.47 bits per heavy atom. The molecule has 1 amide bonds. The second-order valence-corrected chi connectivity index (χ2v) is 4.53. The van der Waals surface area contributed by atoms with E-state index in [-0.39, 0.29) is 17.6 Å². The zero-order valence-electron chi connectivity index (χ0n) is 9.28. The van der Waals surface area contributed by atoms with Gasteiger partial charge in [-0.05, 0) is 6.42 Å². The van der Waals surface area contributed by atoms with Gasteiger partial charge in [0.25, 0.3) is 0 Å². The summed E-state index contributed by atoms with van der Waals surface area (Å²) < 4.78 is 0. The summed E-state index contributed by atoms with van der Waals surface area (Å²) in [6.07, 6.45) is 1.90. The molecule has 15 heavy (non-hydrogen) atoms. The molecule has 0 saturated heterocycles. The molecule has 0 aromatic heterocycles. The summed E-state index contributed by atoms with van der Waals surface area (Å²) in [7, 11) is 0. The molecule has 4 nitrogen and oxygen atoms in total. The maximum absolute atomic E-state index is 11.4. The van der Waals surface area contributed by atoms with E-state index in [4.69, 9.17) is 5.11 Å². The third kappa shape index (κ3) is 8.30. The van der Waals surface area contributed by atoms with Crippen LogP contribution in [-0.2, 0) is 9.59 Å². The van der Waals surface area contributed by atoms with Crippen LogP contribution in [0.1, 0.15) is 26.7 Å². The number of carboxylic acids is 1. The van der Waals surface area contributed by atoms with Crippen LogP contribution in [-0.4, -0.2) is 35.0 Å². The van der Waals surface area contributed by atoms with Crippen molar-refractivity contribution >= 4 is 23.6 Å². The van der Waals surface area contributed by atoms with Crippen LogP contribution < -0.4 is 5.32 Å². The number of thioether (sulfide) groups is 1. The Balaban J connectivity index is 3.42. The lowest BCUT2D eigenvalue weighted by Crippen LogP contribution is -2.31. The lowest BCUT2D eigenvalue weighted by atomic mass is 10.1. The fraction of sp³-hybridized carbons (Fsp3) is 0.800. The normalized spacial score (nSPS) is 12.1. The summed E-state index contributed by atoms with van der Waals surface area (Å²) in [5.74, 6) is 0.0509. The van der Waals surface area contributed by atoms with E-state index in [1.165, 1.54) is 11.8 Å². The summed E-state index contributed by atoms with van der Waals surface area (Å²) in [4.78, 5) is 21.6. The number of nitrogens with one attached hydrogen (secondary N) is 1. The first-order chi connectivity index (χ1) is 7.07. The Morgan fingerprint density at radius 3 is 2.67 bits per heavy atom. The van der Waals surface area contributed by atoms with Crippen LogP contribution >= 0.6 is 11.8 Å². The first-order valence-corrected chi connectivity index (χ1v) is 6.30. The lowest BCUT2D eigenvalue weighted by Gasteiger charge is -2.10. The molecule has 0 bridgehead atoms. The number of aliphatic carboxylic acids is 1. The number of rotatable bonds is 8. The standard InChI is InChI=1S/C10H19NO3S/c1-3-4-8(2)10(14)11-5-6-15-7-9(12)13/h8H,3-7H2,1-2H3,(H,11,14)(H,12,13). The van der Waals surface area contributed by atoms with Crippen molar-refractivity contribution in [3.8, 4) is 0 Å². The highest BCUT2D eigenvalue weighted by Crippen LogP contribution is 2.04. The SMILES string of the molecule is CCCC(C)C(=O)NCCSCC(=O)O. The van der Waals surface area contributed by atoms with E-state index >= 15 is 0 Å². The minimum absolute atomic E-state index is 0.0551. The smallest absolute Gasteiger partial charge is 0.313 e. The van der Waals surface area contributed by atoms with Crippen LogP contribution in [0.25, 0.3) is 0 Å². The number of carbonyl (C=O) groups excluding carboxylic acids is 1. The molecule has 0 aliphatic carbocycles. The zero-order chi connectivity index (χ0) is 11.7. The zero-order valence-corrected chi connectivity index (χ0v) is 10.1. The van der Waals surface area contributed by atoms with Crippen molar-refractivity contribution in [1.82, 2.24) is 5.32 Å². The molecule has 0 rings (SSSR count).